The number of hydrogen-bond acceptors (Lipinski definition) is 3. The first kappa shape index (κ1) is 18.2. The molecule has 1 rings (SSSR count). The Morgan fingerprint density at radius 1 is 1.24 bits per heavy atom. The number of likely N-dealkylation sites (tertiary alicyclic amines) is 1. The molecule has 0 aromatic heterocycles. The third-order valence-corrected chi connectivity index (χ3v) is 4.01. The van der Waals surface area contributed by atoms with Gasteiger partial charge in [0, 0.05) is 26.2 Å². The second-order valence-electron chi connectivity index (χ2n) is 5.67. The van der Waals surface area contributed by atoms with Gasteiger partial charge in [-0.25, -0.2) is 8.78 Å². The summed E-state index contributed by atoms with van der Waals surface area (Å²) in [7, 11) is 5.02. The van der Waals surface area contributed by atoms with Crippen LogP contribution in [0.15, 0.2) is 0 Å². The van der Waals surface area contributed by atoms with Gasteiger partial charge in [0.15, 0.2) is 0 Å². The zero-order valence-corrected chi connectivity index (χ0v) is 12.7. The number of likely N-dealkylation sites (N-methyl/N-ethyl adjacent to an activating group) is 2. The molecule has 1 aliphatic heterocycles. The molecule has 0 bridgehead atoms. The second kappa shape index (κ2) is 7.40. The summed E-state index contributed by atoms with van der Waals surface area (Å²) in [6, 6.07) is 0.334. The van der Waals surface area contributed by atoms with Gasteiger partial charge in [-0.3, -0.25) is 4.79 Å². The van der Waals surface area contributed by atoms with E-state index in [-0.39, 0.29) is 6.54 Å². The Kier molecular flexibility index (Phi) is 6.40. The Morgan fingerprint density at radius 3 is 2.24 bits per heavy atom. The molecular formula is C13H23F4N3O. The van der Waals surface area contributed by atoms with Crippen LogP contribution in [0.1, 0.15) is 12.8 Å². The number of carbonyl (C=O) groups excluding carboxylic acids is 1. The zero-order valence-electron chi connectivity index (χ0n) is 12.7. The minimum atomic E-state index is -4.61. The van der Waals surface area contributed by atoms with Gasteiger partial charge in [0.05, 0.1) is 0 Å². The number of nitrogens with zero attached hydrogens (tertiary/aromatic N) is 3. The molecule has 0 spiro atoms. The van der Waals surface area contributed by atoms with Gasteiger partial charge in [-0.15, -0.1) is 0 Å². The minimum Gasteiger partial charge on any atom is -0.339 e. The fourth-order valence-corrected chi connectivity index (χ4v) is 2.38. The summed E-state index contributed by atoms with van der Waals surface area (Å²) >= 11 is 0. The normalized spacial score (nSPS) is 18.5. The molecule has 1 aliphatic rings. The predicted molar refractivity (Wildman–Crippen MR) is 71.7 cm³/mol. The molecule has 1 heterocycles. The summed E-state index contributed by atoms with van der Waals surface area (Å²) in [6.45, 7) is 2.32. The Bertz CT molecular complexity index is 346. The molecule has 124 valence electrons. The lowest BCUT2D eigenvalue weighted by atomic mass is 10.0. The molecule has 1 saturated heterocycles. The van der Waals surface area contributed by atoms with E-state index in [9.17, 15) is 22.4 Å². The number of rotatable bonds is 6. The van der Waals surface area contributed by atoms with E-state index in [1.54, 1.807) is 0 Å². The molecular weight excluding hydrogens is 290 g/mol. The average molecular weight is 313 g/mol. The van der Waals surface area contributed by atoms with Gasteiger partial charge in [-0.05, 0) is 40.0 Å². The van der Waals surface area contributed by atoms with Crippen LogP contribution in [0.25, 0.3) is 0 Å². The first-order valence-electron chi connectivity index (χ1n) is 6.96. The number of hydrogen-bond donors (Lipinski definition) is 0. The van der Waals surface area contributed by atoms with Crippen LogP contribution in [0, 0.1) is 0 Å². The lowest BCUT2D eigenvalue weighted by Crippen LogP contribution is -2.49. The molecule has 0 aliphatic carbocycles. The van der Waals surface area contributed by atoms with Gasteiger partial charge in [-0.1, -0.05) is 0 Å². The van der Waals surface area contributed by atoms with E-state index in [0.29, 0.717) is 17.5 Å². The Balaban J connectivity index is 2.42. The molecule has 0 unspecified atom stereocenters. The van der Waals surface area contributed by atoms with Gasteiger partial charge >= 0.3 is 12.3 Å². The van der Waals surface area contributed by atoms with Gasteiger partial charge in [0.2, 0.25) is 0 Å². The van der Waals surface area contributed by atoms with E-state index in [1.165, 1.54) is 0 Å². The van der Waals surface area contributed by atoms with Crippen molar-refractivity contribution in [2.24, 2.45) is 0 Å². The maximum absolute atomic E-state index is 13.0. The first-order valence-corrected chi connectivity index (χ1v) is 6.96. The lowest BCUT2D eigenvalue weighted by Gasteiger charge is -2.36. The third-order valence-electron chi connectivity index (χ3n) is 4.01. The summed E-state index contributed by atoms with van der Waals surface area (Å²) < 4.78 is 50.2. The molecule has 0 aromatic rings. The fourth-order valence-electron chi connectivity index (χ4n) is 2.38. The summed E-state index contributed by atoms with van der Waals surface area (Å²) in [5.41, 5.74) is 0. The number of piperidine rings is 1. The molecule has 21 heavy (non-hydrogen) atoms. The monoisotopic (exact) mass is 313 g/mol. The van der Waals surface area contributed by atoms with E-state index in [2.05, 4.69) is 4.90 Å². The molecule has 0 aromatic carbocycles. The minimum absolute atomic E-state index is 0.00395. The molecule has 1 fully saturated rings. The van der Waals surface area contributed by atoms with Crippen LogP contribution in [0.4, 0.5) is 17.6 Å². The Morgan fingerprint density at radius 2 is 1.76 bits per heavy atom. The van der Waals surface area contributed by atoms with Crippen molar-refractivity contribution in [1.82, 2.24) is 14.7 Å². The van der Waals surface area contributed by atoms with E-state index in [1.807, 2.05) is 19.0 Å². The smallest absolute Gasteiger partial charge is 0.339 e. The quantitative estimate of drug-likeness (QED) is 0.693. The van der Waals surface area contributed by atoms with Crippen molar-refractivity contribution in [3.63, 3.8) is 0 Å². The molecule has 0 radical (unpaired) electrons. The van der Waals surface area contributed by atoms with Gasteiger partial charge in [0.25, 0.3) is 5.91 Å². The SMILES string of the molecule is CN1CCC(N(C)CCN(C)C(=O)C(F)(F)C(F)F)CC1. The molecule has 0 saturated carbocycles. The lowest BCUT2D eigenvalue weighted by molar-refractivity contribution is -0.179. The zero-order chi connectivity index (χ0) is 16.2. The van der Waals surface area contributed by atoms with Crippen molar-refractivity contribution >= 4 is 5.91 Å². The highest BCUT2D eigenvalue weighted by Crippen LogP contribution is 2.25. The van der Waals surface area contributed by atoms with Crippen molar-refractivity contribution in [3.8, 4) is 0 Å². The van der Waals surface area contributed by atoms with Crippen molar-refractivity contribution in [2.45, 2.75) is 31.2 Å². The summed E-state index contributed by atoms with van der Waals surface area (Å²) in [5, 5.41) is 0. The van der Waals surface area contributed by atoms with Gasteiger partial charge in [0.1, 0.15) is 0 Å². The number of carbonyl (C=O) groups is 1. The molecule has 0 N–H and O–H groups in total. The van der Waals surface area contributed by atoms with E-state index in [4.69, 9.17) is 0 Å². The van der Waals surface area contributed by atoms with Crippen molar-refractivity contribution < 1.29 is 22.4 Å². The average Bonchev–Trinajstić information content (AvgIpc) is 2.44. The van der Waals surface area contributed by atoms with Crippen LogP contribution in [-0.2, 0) is 4.79 Å². The Labute approximate surface area is 122 Å². The van der Waals surface area contributed by atoms with Gasteiger partial charge < -0.3 is 14.7 Å². The summed E-state index contributed by atoms with van der Waals surface area (Å²) in [5.74, 6) is -6.43. The van der Waals surface area contributed by atoms with Crippen LogP contribution < -0.4 is 0 Å². The third kappa shape index (κ3) is 4.81. The van der Waals surface area contributed by atoms with Gasteiger partial charge in [-0.2, -0.15) is 8.78 Å². The standard InChI is InChI=1S/C13H23F4N3O/c1-18-6-4-10(5-7-18)19(2)8-9-20(3)12(21)13(16,17)11(14)15/h10-11H,4-9H2,1-3H3. The maximum atomic E-state index is 13.0. The van der Waals surface area contributed by atoms with E-state index in [0.717, 1.165) is 33.0 Å². The highest BCUT2D eigenvalue weighted by molar-refractivity contribution is 5.83. The van der Waals surface area contributed by atoms with Crippen LogP contribution >= 0.6 is 0 Å². The van der Waals surface area contributed by atoms with Crippen LogP contribution in [0.5, 0.6) is 0 Å². The van der Waals surface area contributed by atoms with E-state index < -0.39 is 18.3 Å². The number of halogens is 4. The highest BCUT2D eigenvalue weighted by Gasteiger charge is 2.50. The topological polar surface area (TPSA) is 26.8 Å². The summed E-state index contributed by atoms with van der Waals surface area (Å²) in [6.07, 6.45) is -2.03. The predicted octanol–water partition coefficient (Wildman–Crippen LogP) is 1.37. The number of amides is 1. The van der Waals surface area contributed by atoms with E-state index >= 15 is 0 Å². The molecule has 0 atom stereocenters. The fraction of sp³-hybridized carbons (Fsp3) is 0.923. The van der Waals surface area contributed by atoms with Crippen LogP contribution in [0.3, 0.4) is 0 Å². The van der Waals surface area contributed by atoms with Crippen molar-refractivity contribution in [1.29, 1.82) is 0 Å². The largest absolute Gasteiger partial charge is 0.383 e. The highest BCUT2D eigenvalue weighted by atomic mass is 19.3. The maximum Gasteiger partial charge on any atom is 0.383 e. The first-order chi connectivity index (χ1) is 9.66. The molecule has 8 heteroatoms. The van der Waals surface area contributed by atoms with Crippen LogP contribution in [0.2, 0.25) is 0 Å². The van der Waals surface area contributed by atoms with Crippen LogP contribution in [-0.4, -0.2) is 86.3 Å². The molecule has 4 nitrogen and oxygen atoms in total. The molecule has 1 amide bonds. The van der Waals surface area contributed by atoms with Crippen molar-refractivity contribution in [2.75, 3.05) is 47.3 Å². The second-order valence-corrected chi connectivity index (χ2v) is 5.67. The summed E-state index contributed by atoms with van der Waals surface area (Å²) in [4.78, 5) is 16.2. The number of alkyl halides is 4. The van der Waals surface area contributed by atoms with Crippen molar-refractivity contribution in [3.05, 3.63) is 0 Å². The Hall–Kier alpha value is -0.890.